The lowest BCUT2D eigenvalue weighted by atomic mass is 10.3. The van der Waals surface area contributed by atoms with Gasteiger partial charge in [-0.3, -0.25) is 14.4 Å². The highest BCUT2D eigenvalue weighted by Crippen LogP contribution is 1.97. The number of nitrogens with zero attached hydrogens (tertiary/aromatic N) is 1. The summed E-state index contributed by atoms with van der Waals surface area (Å²) in [5, 5.41) is 12.6. The molecule has 0 spiro atoms. The van der Waals surface area contributed by atoms with Crippen LogP contribution in [0.5, 0.6) is 0 Å². The summed E-state index contributed by atoms with van der Waals surface area (Å²) in [6.07, 6.45) is 0.874. The van der Waals surface area contributed by atoms with Gasteiger partial charge >= 0.3 is 5.97 Å². The van der Waals surface area contributed by atoms with Crippen molar-refractivity contribution in [3.63, 3.8) is 0 Å². The molecule has 1 heterocycles. The van der Waals surface area contributed by atoms with Gasteiger partial charge in [0.05, 0.1) is 12.7 Å². The molecule has 0 saturated carbocycles. The van der Waals surface area contributed by atoms with Crippen molar-refractivity contribution in [1.82, 2.24) is 15.6 Å². The van der Waals surface area contributed by atoms with Crippen LogP contribution in [0, 0.1) is 5.82 Å². The fraction of sp³-hybridized carbons (Fsp3) is 0.200. The quantitative estimate of drug-likeness (QED) is 0.635. The molecule has 7 nitrogen and oxygen atoms in total. The van der Waals surface area contributed by atoms with Crippen molar-refractivity contribution in [1.29, 1.82) is 0 Å². The van der Waals surface area contributed by atoms with E-state index in [2.05, 4.69) is 15.6 Å². The standard InChI is InChI=1S/C10H10FN3O4/c11-6-1-2-7(12-3-6)10(18)14-4-8(15)13-5-9(16)17/h1-3H,4-5H2,(H,13,15)(H,14,18)(H,16,17). The molecule has 0 aromatic carbocycles. The van der Waals surface area contributed by atoms with Crippen molar-refractivity contribution in [3.05, 3.63) is 29.8 Å². The molecule has 0 radical (unpaired) electrons. The summed E-state index contributed by atoms with van der Waals surface area (Å²) in [7, 11) is 0. The van der Waals surface area contributed by atoms with Crippen molar-refractivity contribution in [2.45, 2.75) is 0 Å². The van der Waals surface area contributed by atoms with E-state index in [1.54, 1.807) is 0 Å². The second-order valence-electron chi connectivity index (χ2n) is 3.21. The molecule has 0 bridgehead atoms. The molecular formula is C10H10FN3O4. The van der Waals surface area contributed by atoms with Gasteiger partial charge in [-0.25, -0.2) is 9.37 Å². The number of pyridine rings is 1. The molecule has 2 amide bonds. The molecule has 0 aliphatic heterocycles. The molecule has 3 N–H and O–H groups in total. The zero-order valence-corrected chi connectivity index (χ0v) is 9.14. The number of carbonyl (C=O) groups excluding carboxylic acids is 2. The van der Waals surface area contributed by atoms with Crippen LogP contribution in [0.1, 0.15) is 10.5 Å². The lowest BCUT2D eigenvalue weighted by molar-refractivity contribution is -0.137. The smallest absolute Gasteiger partial charge is 0.322 e. The van der Waals surface area contributed by atoms with Crippen molar-refractivity contribution in [3.8, 4) is 0 Å². The van der Waals surface area contributed by atoms with Crippen LogP contribution in [0.25, 0.3) is 0 Å². The monoisotopic (exact) mass is 255 g/mol. The first-order valence-corrected chi connectivity index (χ1v) is 4.87. The lowest BCUT2D eigenvalue weighted by Gasteiger charge is -2.04. The first-order chi connectivity index (χ1) is 8.49. The van der Waals surface area contributed by atoms with Gasteiger partial charge in [0, 0.05) is 0 Å². The van der Waals surface area contributed by atoms with Gasteiger partial charge < -0.3 is 15.7 Å². The Kier molecular flexibility index (Phi) is 4.73. The van der Waals surface area contributed by atoms with Crippen molar-refractivity contribution in [2.24, 2.45) is 0 Å². The highest BCUT2D eigenvalue weighted by Gasteiger charge is 2.09. The third kappa shape index (κ3) is 4.56. The molecule has 0 aliphatic rings. The van der Waals surface area contributed by atoms with E-state index in [1.807, 2.05) is 0 Å². The Morgan fingerprint density at radius 3 is 2.50 bits per heavy atom. The van der Waals surface area contributed by atoms with Gasteiger partial charge in [0.2, 0.25) is 5.91 Å². The summed E-state index contributed by atoms with van der Waals surface area (Å²) in [4.78, 5) is 36.1. The first kappa shape index (κ1) is 13.6. The van der Waals surface area contributed by atoms with Crippen LogP contribution < -0.4 is 10.6 Å². The molecule has 18 heavy (non-hydrogen) atoms. The second kappa shape index (κ2) is 6.28. The molecule has 1 aromatic heterocycles. The number of hydrogen-bond donors (Lipinski definition) is 3. The second-order valence-corrected chi connectivity index (χ2v) is 3.21. The number of nitrogens with one attached hydrogen (secondary N) is 2. The molecule has 0 fully saturated rings. The van der Waals surface area contributed by atoms with Gasteiger partial charge in [0.15, 0.2) is 0 Å². The van der Waals surface area contributed by atoms with E-state index in [-0.39, 0.29) is 12.2 Å². The van der Waals surface area contributed by atoms with E-state index in [0.717, 1.165) is 12.3 Å². The Balaban J connectivity index is 2.39. The van der Waals surface area contributed by atoms with Gasteiger partial charge in [-0.2, -0.15) is 0 Å². The van der Waals surface area contributed by atoms with Gasteiger partial charge in [0.1, 0.15) is 18.1 Å². The van der Waals surface area contributed by atoms with Gasteiger partial charge in [-0.1, -0.05) is 0 Å². The average Bonchev–Trinajstić information content (AvgIpc) is 2.34. The zero-order valence-electron chi connectivity index (χ0n) is 9.14. The third-order valence-corrected chi connectivity index (χ3v) is 1.81. The molecule has 0 aliphatic carbocycles. The maximum Gasteiger partial charge on any atom is 0.322 e. The molecule has 1 aromatic rings. The predicted octanol–water partition coefficient (Wildman–Crippen LogP) is -0.849. The van der Waals surface area contributed by atoms with Crippen LogP contribution in [0.3, 0.4) is 0 Å². The minimum absolute atomic E-state index is 0.0394. The number of carboxylic acid groups (broad SMARTS) is 1. The minimum Gasteiger partial charge on any atom is -0.480 e. The van der Waals surface area contributed by atoms with E-state index in [9.17, 15) is 18.8 Å². The van der Waals surface area contributed by atoms with Crippen LogP contribution in [0.2, 0.25) is 0 Å². The van der Waals surface area contributed by atoms with Gasteiger partial charge in [-0.15, -0.1) is 0 Å². The normalized spacial score (nSPS) is 9.61. The summed E-state index contributed by atoms with van der Waals surface area (Å²) >= 11 is 0. The van der Waals surface area contributed by atoms with Crippen molar-refractivity contribution in [2.75, 3.05) is 13.1 Å². The number of hydrogen-bond acceptors (Lipinski definition) is 4. The minimum atomic E-state index is -1.19. The van der Waals surface area contributed by atoms with Crippen LogP contribution >= 0.6 is 0 Å². The van der Waals surface area contributed by atoms with Crippen LogP contribution in [0.15, 0.2) is 18.3 Å². The Bertz CT molecular complexity index is 461. The molecule has 0 atom stereocenters. The lowest BCUT2D eigenvalue weighted by Crippen LogP contribution is -2.39. The van der Waals surface area contributed by atoms with Crippen molar-refractivity contribution < 1.29 is 23.9 Å². The Hall–Kier alpha value is -2.51. The van der Waals surface area contributed by atoms with E-state index >= 15 is 0 Å². The fourth-order valence-electron chi connectivity index (χ4n) is 0.998. The molecule has 96 valence electrons. The van der Waals surface area contributed by atoms with E-state index in [0.29, 0.717) is 0 Å². The SMILES string of the molecule is O=C(O)CNC(=O)CNC(=O)c1ccc(F)cn1. The maximum atomic E-state index is 12.5. The summed E-state index contributed by atoms with van der Waals surface area (Å²) in [5.41, 5.74) is -0.0394. The Labute approximate surface area is 101 Å². The van der Waals surface area contributed by atoms with Crippen LogP contribution in [0.4, 0.5) is 4.39 Å². The Morgan fingerprint density at radius 2 is 1.94 bits per heavy atom. The summed E-state index contributed by atoms with van der Waals surface area (Å²) < 4.78 is 12.5. The fourth-order valence-corrected chi connectivity index (χ4v) is 0.998. The number of aliphatic carboxylic acids is 1. The third-order valence-electron chi connectivity index (χ3n) is 1.81. The molecule has 0 saturated heterocycles. The highest BCUT2D eigenvalue weighted by atomic mass is 19.1. The largest absolute Gasteiger partial charge is 0.480 e. The number of halogens is 1. The number of carbonyl (C=O) groups is 3. The first-order valence-electron chi connectivity index (χ1n) is 4.87. The van der Waals surface area contributed by atoms with Crippen molar-refractivity contribution >= 4 is 17.8 Å². The van der Waals surface area contributed by atoms with E-state index in [4.69, 9.17) is 5.11 Å². The van der Waals surface area contributed by atoms with Gasteiger partial charge in [-0.05, 0) is 12.1 Å². The maximum absolute atomic E-state index is 12.5. The van der Waals surface area contributed by atoms with E-state index < -0.39 is 30.1 Å². The Morgan fingerprint density at radius 1 is 1.22 bits per heavy atom. The zero-order chi connectivity index (χ0) is 13.5. The topological polar surface area (TPSA) is 108 Å². The molecule has 0 unspecified atom stereocenters. The molecule has 1 rings (SSSR count). The molecule has 8 heteroatoms. The number of carboxylic acids is 1. The van der Waals surface area contributed by atoms with Crippen LogP contribution in [-0.4, -0.2) is 41.0 Å². The predicted molar refractivity (Wildman–Crippen MR) is 57.2 cm³/mol. The van der Waals surface area contributed by atoms with Crippen LogP contribution in [-0.2, 0) is 9.59 Å². The number of aromatic nitrogens is 1. The summed E-state index contributed by atoms with van der Waals surface area (Å²) in [5.74, 6) is -3.06. The highest BCUT2D eigenvalue weighted by molar-refractivity contribution is 5.95. The molecular weight excluding hydrogens is 245 g/mol. The summed E-state index contributed by atoms with van der Waals surface area (Å²) in [6, 6.07) is 2.23. The van der Waals surface area contributed by atoms with Gasteiger partial charge in [0.25, 0.3) is 5.91 Å². The van der Waals surface area contributed by atoms with E-state index in [1.165, 1.54) is 6.07 Å². The number of rotatable bonds is 5. The average molecular weight is 255 g/mol. The number of amides is 2. The summed E-state index contributed by atoms with van der Waals surface area (Å²) in [6.45, 7) is -0.908.